The van der Waals surface area contributed by atoms with Crippen molar-refractivity contribution in [2.75, 3.05) is 26.5 Å². The van der Waals surface area contributed by atoms with Crippen LogP contribution in [-0.4, -0.2) is 41.2 Å². The number of quaternary nitrogens is 1. The second-order valence-corrected chi connectivity index (χ2v) is 8.02. The Morgan fingerprint density at radius 3 is 2.39 bits per heavy atom. The van der Waals surface area contributed by atoms with Crippen molar-refractivity contribution in [3.63, 3.8) is 0 Å². The molecule has 148 valence electrons. The molecule has 0 aliphatic carbocycles. The molecule has 0 amide bonds. The van der Waals surface area contributed by atoms with Crippen molar-refractivity contribution in [1.82, 2.24) is 14.8 Å². The minimum Gasteiger partial charge on any atom is -0.493 e. The van der Waals surface area contributed by atoms with Crippen molar-refractivity contribution < 1.29 is 14.0 Å². The average Bonchev–Trinajstić information content (AvgIpc) is 3.10. The molecule has 1 atom stereocenters. The number of aryl methyl sites for hydroxylation is 1. The summed E-state index contributed by atoms with van der Waals surface area (Å²) in [5.41, 5.74) is 2.07. The fourth-order valence-corrected chi connectivity index (χ4v) is 3.45. The van der Waals surface area contributed by atoms with E-state index in [1.54, 1.807) is 23.9 Å². The van der Waals surface area contributed by atoms with Gasteiger partial charge in [-0.25, -0.2) is 4.39 Å². The first-order valence-electron chi connectivity index (χ1n) is 9.29. The van der Waals surface area contributed by atoms with Gasteiger partial charge in [0.05, 0.1) is 20.7 Å². The number of hydrogen-bond acceptors (Lipinski definition) is 4. The lowest BCUT2D eigenvalue weighted by molar-refractivity contribution is -0.890. The minimum atomic E-state index is -0.259. The van der Waals surface area contributed by atoms with E-state index in [1.807, 2.05) is 28.8 Å². The van der Waals surface area contributed by atoms with Gasteiger partial charge >= 0.3 is 0 Å². The maximum absolute atomic E-state index is 13.4. The quantitative estimate of drug-likeness (QED) is 0.465. The topological polar surface area (TPSA) is 44.4 Å². The number of halogens is 1. The molecule has 0 unspecified atom stereocenters. The van der Waals surface area contributed by atoms with Crippen LogP contribution in [0, 0.1) is 12.7 Å². The Labute approximate surface area is 169 Å². The highest BCUT2D eigenvalue weighted by Gasteiger charge is 2.23. The molecule has 0 radical (unpaired) electrons. The van der Waals surface area contributed by atoms with E-state index in [4.69, 9.17) is 4.74 Å². The lowest BCUT2D eigenvalue weighted by atomic mass is 10.2. The molecule has 2 aromatic carbocycles. The summed E-state index contributed by atoms with van der Waals surface area (Å²) in [7, 11) is 4.16. The number of ether oxygens (including phenoxy) is 1. The summed E-state index contributed by atoms with van der Waals surface area (Å²) in [6, 6.07) is 14.6. The molecule has 7 heteroatoms. The van der Waals surface area contributed by atoms with Crippen molar-refractivity contribution in [1.29, 1.82) is 0 Å². The van der Waals surface area contributed by atoms with Gasteiger partial charge in [0.25, 0.3) is 0 Å². The normalized spacial score (nSPS) is 12.4. The predicted octanol–water partition coefficient (Wildman–Crippen LogP) is 3.09. The van der Waals surface area contributed by atoms with Gasteiger partial charge in [0.1, 0.15) is 17.6 Å². The minimum absolute atomic E-state index is 0.149. The number of aromatic nitrogens is 3. The molecule has 0 aliphatic heterocycles. The third-order valence-electron chi connectivity index (χ3n) is 4.60. The van der Waals surface area contributed by atoms with E-state index in [9.17, 15) is 4.39 Å². The summed E-state index contributed by atoms with van der Waals surface area (Å²) < 4.78 is 21.2. The zero-order chi connectivity index (χ0) is 20.1. The largest absolute Gasteiger partial charge is 0.493 e. The van der Waals surface area contributed by atoms with Crippen LogP contribution in [0.3, 0.4) is 0 Å². The molecule has 1 N–H and O–H groups in total. The van der Waals surface area contributed by atoms with Crippen molar-refractivity contribution >= 4 is 11.8 Å². The average molecular weight is 402 g/mol. The van der Waals surface area contributed by atoms with Crippen LogP contribution in [0.2, 0.25) is 0 Å². The van der Waals surface area contributed by atoms with Gasteiger partial charge in [-0.3, -0.25) is 4.57 Å². The van der Waals surface area contributed by atoms with E-state index >= 15 is 0 Å². The Kier molecular flexibility index (Phi) is 6.70. The third kappa shape index (κ3) is 4.91. The molecule has 0 bridgehead atoms. The molecule has 3 rings (SSSR count). The Morgan fingerprint density at radius 1 is 1.07 bits per heavy atom. The molecule has 5 nitrogen and oxygen atoms in total. The first-order valence-corrected chi connectivity index (χ1v) is 10.3. The zero-order valence-corrected chi connectivity index (χ0v) is 17.5. The highest BCUT2D eigenvalue weighted by molar-refractivity contribution is 7.99. The van der Waals surface area contributed by atoms with Crippen LogP contribution in [0.4, 0.5) is 4.39 Å². The summed E-state index contributed by atoms with van der Waals surface area (Å²) in [6.45, 7) is 4.72. The van der Waals surface area contributed by atoms with Gasteiger partial charge in [0.2, 0.25) is 0 Å². The fourth-order valence-electron chi connectivity index (χ4n) is 2.67. The van der Waals surface area contributed by atoms with Gasteiger partial charge in [-0.15, -0.1) is 10.2 Å². The Hall–Kier alpha value is -2.38. The molecular formula is C21H26FN4OS+. The van der Waals surface area contributed by atoms with Crippen LogP contribution >= 0.6 is 11.8 Å². The SMILES string of the molecule is Cc1ccc(OCCSc2nnc([C@H](C)[NH+](C)C)n2-c2ccc(F)cc2)cc1. The van der Waals surface area contributed by atoms with Crippen LogP contribution in [0.1, 0.15) is 24.4 Å². The molecule has 1 aromatic heterocycles. The lowest BCUT2D eigenvalue weighted by Crippen LogP contribution is -3.05. The Bertz CT molecular complexity index is 894. The summed E-state index contributed by atoms with van der Waals surface area (Å²) in [5, 5.41) is 9.59. The summed E-state index contributed by atoms with van der Waals surface area (Å²) >= 11 is 1.58. The summed E-state index contributed by atoms with van der Waals surface area (Å²) in [6.07, 6.45) is 0. The van der Waals surface area contributed by atoms with Gasteiger partial charge in [-0.05, 0) is 50.2 Å². The van der Waals surface area contributed by atoms with E-state index in [0.717, 1.165) is 28.2 Å². The van der Waals surface area contributed by atoms with Gasteiger partial charge in [-0.2, -0.15) is 0 Å². The molecule has 0 spiro atoms. The van der Waals surface area contributed by atoms with Crippen molar-refractivity contribution in [3.05, 3.63) is 65.7 Å². The van der Waals surface area contributed by atoms with Crippen LogP contribution in [0.15, 0.2) is 53.7 Å². The van der Waals surface area contributed by atoms with E-state index in [0.29, 0.717) is 6.61 Å². The molecule has 28 heavy (non-hydrogen) atoms. The maximum Gasteiger partial charge on any atom is 0.196 e. The van der Waals surface area contributed by atoms with Crippen LogP contribution in [0.25, 0.3) is 5.69 Å². The second-order valence-electron chi connectivity index (χ2n) is 6.96. The zero-order valence-electron chi connectivity index (χ0n) is 16.6. The van der Waals surface area contributed by atoms with E-state index in [1.165, 1.54) is 22.6 Å². The molecule has 0 aliphatic rings. The second kappa shape index (κ2) is 9.21. The van der Waals surface area contributed by atoms with Gasteiger partial charge in [-0.1, -0.05) is 29.5 Å². The Balaban J connectivity index is 1.74. The molecular weight excluding hydrogens is 375 g/mol. The maximum atomic E-state index is 13.4. The predicted molar refractivity (Wildman–Crippen MR) is 110 cm³/mol. The van der Waals surface area contributed by atoms with Crippen LogP contribution in [-0.2, 0) is 0 Å². The number of rotatable bonds is 8. The molecule has 0 saturated heterocycles. The smallest absolute Gasteiger partial charge is 0.196 e. The number of nitrogens with one attached hydrogen (secondary N) is 1. The van der Waals surface area contributed by atoms with E-state index < -0.39 is 0 Å². The first-order chi connectivity index (χ1) is 13.5. The van der Waals surface area contributed by atoms with Crippen LogP contribution in [0.5, 0.6) is 5.75 Å². The van der Waals surface area contributed by atoms with Gasteiger partial charge < -0.3 is 9.64 Å². The van der Waals surface area contributed by atoms with Gasteiger partial charge in [0, 0.05) is 11.4 Å². The molecule has 0 saturated carbocycles. The molecule has 1 heterocycles. The number of hydrogen-bond donors (Lipinski definition) is 1. The van der Waals surface area contributed by atoms with Gasteiger partial charge in [0.15, 0.2) is 11.0 Å². The van der Waals surface area contributed by atoms with Crippen molar-refractivity contribution in [2.45, 2.75) is 25.0 Å². The Morgan fingerprint density at radius 2 is 1.75 bits per heavy atom. The molecule has 3 aromatic rings. The number of thioether (sulfide) groups is 1. The highest BCUT2D eigenvalue weighted by atomic mass is 32.2. The molecule has 0 fully saturated rings. The first kappa shape index (κ1) is 20.4. The van der Waals surface area contributed by atoms with Crippen LogP contribution < -0.4 is 9.64 Å². The number of benzene rings is 2. The lowest BCUT2D eigenvalue weighted by Gasteiger charge is -2.18. The monoisotopic (exact) mass is 401 g/mol. The van der Waals surface area contributed by atoms with Crippen molar-refractivity contribution in [3.8, 4) is 11.4 Å². The van der Waals surface area contributed by atoms with Crippen molar-refractivity contribution in [2.24, 2.45) is 0 Å². The summed E-state index contributed by atoms with van der Waals surface area (Å²) in [5.74, 6) is 2.19. The van der Waals surface area contributed by atoms with E-state index in [2.05, 4.69) is 38.1 Å². The standard InChI is InChI=1S/C21H25FN4OS/c1-15-5-11-19(12-6-15)27-13-14-28-21-24-23-20(16(2)25(3)4)26(21)18-9-7-17(22)8-10-18/h5-12,16H,13-14H2,1-4H3/p+1/t16-/m0/s1. The fraction of sp³-hybridized carbons (Fsp3) is 0.333. The number of nitrogens with zero attached hydrogens (tertiary/aromatic N) is 3. The highest BCUT2D eigenvalue weighted by Crippen LogP contribution is 2.24. The summed E-state index contributed by atoms with van der Waals surface area (Å²) in [4.78, 5) is 1.25. The third-order valence-corrected chi connectivity index (χ3v) is 5.49. The van der Waals surface area contributed by atoms with E-state index in [-0.39, 0.29) is 11.9 Å².